The van der Waals surface area contributed by atoms with Crippen LogP contribution in [0.15, 0.2) is 48.5 Å². The van der Waals surface area contributed by atoms with Crippen LogP contribution in [0.4, 0.5) is 24.5 Å². The van der Waals surface area contributed by atoms with E-state index in [9.17, 15) is 13.2 Å². The first-order chi connectivity index (χ1) is 10.9. The Morgan fingerprint density at radius 2 is 1.83 bits per heavy atom. The maximum absolute atomic E-state index is 12.7. The number of halogens is 3. The van der Waals surface area contributed by atoms with Gasteiger partial charge in [0.05, 0.1) is 17.9 Å². The number of para-hydroxylation sites is 2. The van der Waals surface area contributed by atoms with Gasteiger partial charge in [-0.25, -0.2) is 0 Å². The Morgan fingerprint density at radius 1 is 1.09 bits per heavy atom. The van der Waals surface area contributed by atoms with Crippen molar-refractivity contribution in [2.75, 3.05) is 17.2 Å². The van der Waals surface area contributed by atoms with Crippen molar-refractivity contribution in [3.63, 3.8) is 0 Å². The number of anilines is 2. The molecule has 0 saturated carbocycles. The molecule has 0 aliphatic rings. The third kappa shape index (κ3) is 4.85. The van der Waals surface area contributed by atoms with E-state index in [1.54, 1.807) is 18.2 Å². The molecule has 23 heavy (non-hydrogen) atoms. The Labute approximate surface area is 137 Å². The molecule has 2 aromatic carbocycles. The molecular formula is C16H15F3N2OS. The van der Waals surface area contributed by atoms with E-state index in [1.807, 2.05) is 13.0 Å². The van der Waals surface area contributed by atoms with Crippen molar-refractivity contribution in [1.82, 2.24) is 0 Å². The highest BCUT2D eigenvalue weighted by atomic mass is 32.1. The molecule has 7 heteroatoms. The molecule has 0 fully saturated rings. The molecule has 0 unspecified atom stereocenters. The highest BCUT2D eigenvalue weighted by molar-refractivity contribution is 7.80. The first-order valence-electron chi connectivity index (χ1n) is 6.87. The molecule has 0 aliphatic heterocycles. The lowest BCUT2D eigenvalue weighted by Crippen LogP contribution is -2.20. The Balaban J connectivity index is 2.09. The van der Waals surface area contributed by atoms with Gasteiger partial charge in [-0.05, 0) is 49.5 Å². The lowest BCUT2D eigenvalue weighted by molar-refractivity contribution is -0.137. The number of hydrogen-bond donors (Lipinski definition) is 2. The molecule has 0 bridgehead atoms. The molecule has 2 N–H and O–H groups in total. The lowest BCUT2D eigenvalue weighted by atomic mass is 10.2. The fraction of sp³-hybridized carbons (Fsp3) is 0.188. The van der Waals surface area contributed by atoms with Crippen LogP contribution in [-0.2, 0) is 6.18 Å². The molecule has 0 saturated heterocycles. The summed E-state index contributed by atoms with van der Waals surface area (Å²) in [5.41, 5.74) is 0.157. The van der Waals surface area contributed by atoms with Crippen LogP contribution in [0.1, 0.15) is 12.5 Å². The number of thiocarbonyl (C=S) groups is 1. The zero-order chi connectivity index (χ0) is 16.9. The molecule has 0 aliphatic carbocycles. The maximum atomic E-state index is 12.7. The molecule has 2 aromatic rings. The number of alkyl halides is 3. The van der Waals surface area contributed by atoms with Crippen LogP contribution in [0.2, 0.25) is 0 Å². The van der Waals surface area contributed by atoms with Gasteiger partial charge in [0.1, 0.15) is 5.75 Å². The number of nitrogens with one attached hydrogen (secondary N) is 2. The second kappa shape index (κ2) is 7.32. The Bertz CT molecular complexity index is 689. The largest absolute Gasteiger partial charge is 0.492 e. The Kier molecular flexibility index (Phi) is 5.44. The van der Waals surface area contributed by atoms with Crippen LogP contribution >= 0.6 is 12.2 Å². The Hall–Kier alpha value is -2.28. The molecule has 3 nitrogen and oxygen atoms in total. The summed E-state index contributed by atoms with van der Waals surface area (Å²) >= 11 is 5.14. The summed E-state index contributed by atoms with van der Waals surface area (Å²) in [6, 6.07) is 12.0. The van der Waals surface area contributed by atoms with E-state index in [2.05, 4.69) is 10.6 Å². The summed E-state index contributed by atoms with van der Waals surface area (Å²) in [4.78, 5) is 0. The average molecular weight is 340 g/mol. The summed E-state index contributed by atoms with van der Waals surface area (Å²) < 4.78 is 43.5. The topological polar surface area (TPSA) is 33.3 Å². The number of benzene rings is 2. The van der Waals surface area contributed by atoms with Crippen LogP contribution in [0.25, 0.3) is 0 Å². The van der Waals surface area contributed by atoms with Crippen molar-refractivity contribution in [3.05, 3.63) is 54.1 Å². The molecule has 0 amide bonds. The summed E-state index contributed by atoms with van der Waals surface area (Å²) in [5.74, 6) is 0.614. The van der Waals surface area contributed by atoms with E-state index >= 15 is 0 Å². The van der Waals surface area contributed by atoms with Crippen LogP contribution < -0.4 is 15.4 Å². The van der Waals surface area contributed by atoms with Crippen LogP contribution in [-0.4, -0.2) is 11.7 Å². The first kappa shape index (κ1) is 17.1. The van der Waals surface area contributed by atoms with E-state index in [0.717, 1.165) is 12.1 Å². The number of ether oxygens (including phenoxy) is 1. The normalized spacial score (nSPS) is 11.0. The number of hydrogen-bond acceptors (Lipinski definition) is 2. The van der Waals surface area contributed by atoms with Crippen LogP contribution in [0.5, 0.6) is 5.75 Å². The minimum absolute atomic E-state index is 0.177. The fourth-order valence-electron chi connectivity index (χ4n) is 1.91. The zero-order valence-corrected chi connectivity index (χ0v) is 13.1. The van der Waals surface area contributed by atoms with Gasteiger partial charge in [0.25, 0.3) is 0 Å². The average Bonchev–Trinajstić information content (AvgIpc) is 2.49. The number of rotatable bonds is 4. The second-order valence-corrected chi connectivity index (χ2v) is 5.00. The highest BCUT2D eigenvalue weighted by Gasteiger charge is 2.30. The van der Waals surface area contributed by atoms with E-state index in [-0.39, 0.29) is 10.8 Å². The molecule has 0 aromatic heterocycles. The van der Waals surface area contributed by atoms with Crippen molar-refractivity contribution >= 4 is 28.7 Å². The zero-order valence-electron chi connectivity index (χ0n) is 12.3. The van der Waals surface area contributed by atoms with Gasteiger partial charge in [-0.15, -0.1) is 0 Å². The quantitative estimate of drug-likeness (QED) is 0.775. The van der Waals surface area contributed by atoms with Gasteiger partial charge < -0.3 is 15.4 Å². The van der Waals surface area contributed by atoms with Crippen molar-refractivity contribution < 1.29 is 17.9 Å². The molecule has 0 atom stereocenters. The monoisotopic (exact) mass is 340 g/mol. The van der Waals surface area contributed by atoms with Crippen LogP contribution in [0, 0.1) is 0 Å². The SMILES string of the molecule is CCOc1ccccc1NC(=S)Nc1cccc(C(F)(F)F)c1. The molecule has 2 rings (SSSR count). The van der Waals surface area contributed by atoms with Crippen LogP contribution in [0.3, 0.4) is 0 Å². The molecule has 0 radical (unpaired) electrons. The predicted octanol–water partition coefficient (Wildman–Crippen LogP) is 4.91. The van der Waals surface area contributed by atoms with E-state index in [4.69, 9.17) is 17.0 Å². The standard InChI is InChI=1S/C16H15F3N2OS/c1-2-22-14-9-4-3-8-13(14)21-15(23)20-12-7-5-6-11(10-12)16(17,18)19/h3-10H,2H2,1H3,(H2,20,21,23). The summed E-state index contributed by atoms with van der Waals surface area (Å²) in [6.45, 7) is 2.35. The second-order valence-electron chi connectivity index (χ2n) is 4.59. The summed E-state index contributed by atoms with van der Waals surface area (Å²) in [7, 11) is 0. The van der Waals surface area contributed by atoms with Gasteiger partial charge in [-0.2, -0.15) is 13.2 Å². The third-order valence-corrected chi connectivity index (χ3v) is 3.09. The van der Waals surface area contributed by atoms with E-state index < -0.39 is 11.7 Å². The van der Waals surface area contributed by atoms with E-state index in [0.29, 0.717) is 18.0 Å². The molecule has 0 spiro atoms. The predicted molar refractivity (Wildman–Crippen MR) is 88.9 cm³/mol. The van der Waals surface area contributed by atoms with Crippen molar-refractivity contribution in [3.8, 4) is 5.75 Å². The van der Waals surface area contributed by atoms with Gasteiger partial charge in [0, 0.05) is 5.69 Å². The first-order valence-corrected chi connectivity index (χ1v) is 7.28. The lowest BCUT2D eigenvalue weighted by Gasteiger charge is -2.15. The maximum Gasteiger partial charge on any atom is 0.416 e. The molecule has 122 valence electrons. The van der Waals surface area contributed by atoms with Crippen molar-refractivity contribution in [1.29, 1.82) is 0 Å². The van der Waals surface area contributed by atoms with E-state index in [1.165, 1.54) is 12.1 Å². The minimum Gasteiger partial charge on any atom is -0.492 e. The van der Waals surface area contributed by atoms with Gasteiger partial charge in [0.2, 0.25) is 0 Å². The highest BCUT2D eigenvalue weighted by Crippen LogP contribution is 2.30. The molecular weight excluding hydrogens is 325 g/mol. The smallest absolute Gasteiger partial charge is 0.416 e. The molecule has 0 heterocycles. The van der Waals surface area contributed by atoms with Gasteiger partial charge in [-0.3, -0.25) is 0 Å². The summed E-state index contributed by atoms with van der Waals surface area (Å²) in [6.07, 6.45) is -4.39. The van der Waals surface area contributed by atoms with Crippen molar-refractivity contribution in [2.24, 2.45) is 0 Å². The van der Waals surface area contributed by atoms with Gasteiger partial charge in [0.15, 0.2) is 5.11 Å². The third-order valence-electron chi connectivity index (χ3n) is 2.88. The fourth-order valence-corrected chi connectivity index (χ4v) is 2.14. The van der Waals surface area contributed by atoms with Gasteiger partial charge >= 0.3 is 6.18 Å². The Morgan fingerprint density at radius 3 is 2.52 bits per heavy atom. The van der Waals surface area contributed by atoms with Crippen molar-refractivity contribution in [2.45, 2.75) is 13.1 Å². The minimum atomic E-state index is -4.39. The summed E-state index contributed by atoms with van der Waals surface area (Å²) in [5, 5.41) is 5.83. The van der Waals surface area contributed by atoms with Gasteiger partial charge in [-0.1, -0.05) is 18.2 Å².